The normalized spacial score (nSPS) is 11.8. The second-order valence-electron chi connectivity index (χ2n) is 3.35. The minimum atomic E-state index is -1.07. The molecule has 1 aromatic rings. The van der Waals surface area contributed by atoms with Gasteiger partial charge in [-0.15, -0.1) is 0 Å². The Morgan fingerprint density at radius 1 is 1.35 bits per heavy atom. The summed E-state index contributed by atoms with van der Waals surface area (Å²) in [6.45, 7) is 0.160. The number of hydrogen-bond acceptors (Lipinski definition) is 4. The van der Waals surface area contributed by atoms with Gasteiger partial charge in [-0.1, -0.05) is 30.3 Å². The molecule has 5 nitrogen and oxygen atoms in total. The van der Waals surface area contributed by atoms with Crippen molar-refractivity contribution in [3.05, 3.63) is 35.9 Å². The first-order chi connectivity index (χ1) is 8.13. The third-order valence-corrected chi connectivity index (χ3v) is 2.80. The van der Waals surface area contributed by atoms with Crippen LogP contribution in [-0.4, -0.2) is 23.1 Å². The van der Waals surface area contributed by atoms with E-state index in [1.54, 1.807) is 22.9 Å². The molecule has 1 aromatic carbocycles. The fourth-order valence-corrected chi connectivity index (χ4v) is 1.62. The van der Waals surface area contributed by atoms with Crippen molar-refractivity contribution >= 4 is 34.8 Å². The van der Waals surface area contributed by atoms with Gasteiger partial charge >= 0.3 is 11.9 Å². The Balaban J connectivity index is 2.37. The highest BCUT2D eigenvalue weighted by molar-refractivity contribution is 14.1. The zero-order valence-electron chi connectivity index (χ0n) is 8.93. The van der Waals surface area contributed by atoms with Crippen LogP contribution in [0, 0.1) is 0 Å². The molecule has 0 heterocycles. The van der Waals surface area contributed by atoms with Crippen LogP contribution in [0.1, 0.15) is 12.0 Å². The summed E-state index contributed by atoms with van der Waals surface area (Å²) in [4.78, 5) is 22.0. The first kappa shape index (κ1) is 13.9. The molecule has 0 amide bonds. The van der Waals surface area contributed by atoms with Crippen molar-refractivity contribution in [1.82, 2.24) is 3.53 Å². The molecule has 0 saturated heterocycles. The second kappa shape index (κ2) is 7.23. The van der Waals surface area contributed by atoms with Crippen LogP contribution in [-0.2, 0) is 20.9 Å². The van der Waals surface area contributed by atoms with Crippen molar-refractivity contribution in [1.29, 1.82) is 0 Å². The number of nitrogens with one attached hydrogen (secondary N) is 1. The molecule has 0 bridgehead atoms. The van der Waals surface area contributed by atoms with E-state index in [2.05, 4.69) is 3.53 Å². The third-order valence-electron chi connectivity index (χ3n) is 2.04. The number of hydrogen-bond donors (Lipinski definition) is 2. The fourth-order valence-electron chi connectivity index (χ4n) is 1.14. The Hall–Kier alpha value is -1.15. The summed E-state index contributed by atoms with van der Waals surface area (Å²) in [5, 5.41) is 8.73. The average Bonchev–Trinajstić information content (AvgIpc) is 2.34. The van der Waals surface area contributed by atoms with Crippen molar-refractivity contribution in [2.75, 3.05) is 0 Å². The SMILES string of the molecule is O=C(CC(NI)C(=O)O)OCc1ccccc1. The Kier molecular flexibility index (Phi) is 5.92. The van der Waals surface area contributed by atoms with E-state index >= 15 is 0 Å². The number of aliphatic carboxylic acids is 1. The zero-order chi connectivity index (χ0) is 12.7. The predicted octanol–water partition coefficient (Wildman–Crippen LogP) is 1.51. The number of ether oxygens (including phenoxy) is 1. The predicted molar refractivity (Wildman–Crippen MR) is 69.4 cm³/mol. The number of carbonyl (C=O) groups excluding carboxylic acids is 1. The first-order valence-electron chi connectivity index (χ1n) is 4.92. The number of carboxylic acid groups (broad SMARTS) is 1. The Morgan fingerprint density at radius 3 is 2.53 bits per heavy atom. The van der Waals surface area contributed by atoms with E-state index in [1.807, 2.05) is 30.3 Å². The number of carboxylic acids is 1. The van der Waals surface area contributed by atoms with Crippen molar-refractivity contribution in [3.8, 4) is 0 Å². The second-order valence-corrected chi connectivity index (χ2v) is 3.97. The van der Waals surface area contributed by atoms with Crippen LogP contribution >= 0.6 is 22.9 Å². The molecule has 92 valence electrons. The van der Waals surface area contributed by atoms with Gasteiger partial charge in [-0.05, 0) is 5.56 Å². The standard InChI is InChI=1S/C11H12INO4/c12-13-9(11(15)16)6-10(14)17-7-8-4-2-1-3-5-8/h1-5,9,13H,6-7H2,(H,15,16). The van der Waals surface area contributed by atoms with Gasteiger partial charge in [0.15, 0.2) is 0 Å². The third kappa shape index (κ3) is 5.14. The summed E-state index contributed by atoms with van der Waals surface area (Å²) in [7, 11) is 0. The molecule has 0 radical (unpaired) electrons. The molecule has 1 rings (SSSR count). The lowest BCUT2D eigenvalue weighted by molar-refractivity contribution is -0.149. The average molecular weight is 349 g/mol. The molecule has 0 spiro atoms. The molecule has 0 aliphatic rings. The summed E-state index contributed by atoms with van der Waals surface area (Å²) >= 11 is 1.70. The summed E-state index contributed by atoms with van der Waals surface area (Å²) < 4.78 is 7.47. The van der Waals surface area contributed by atoms with E-state index in [0.29, 0.717) is 0 Å². The summed E-state index contributed by atoms with van der Waals surface area (Å²) in [5.41, 5.74) is 0.871. The molecule has 0 aliphatic heterocycles. The van der Waals surface area contributed by atoms with E-state index in [-0.39, 0.29) is 13.0 Å². The van der Waals surface area contributed by atoms with Crippen LogP contribution in [0.15, 0.2) is 30.3 Å². The van der Waals surface area contributed by atoms with Crippen LogP contribution in [0.5, 0.6) is 0 Å². The highest BCUT2D eigenvalue weighted by Crippen LogP contribution is 2.03. The van der Waals surface area contributed by atoms with Crippen molar-refractivity contribution in [3.63, 3.8) is 0 Å². The summed E-state index contributed by atoms with van der Waals surface area (Å²) in [6, 6.07) is 8.30. The molecule has 6 heteroatoms. The molecule has 0 aromatic heterocycles. The minimum Gasteiger partial charge on any atom is -0.480 e. The van der Waals surface area contributed by atoms with Crippen LogP contribution in [0.2, 0.25) is 0 Å². The van der Waals surface area contributed by atoms with Gasteiger partial charge < -0.3 is 9.84 Å². The van der Waals surface area contributed by atoms with Gasteiger partial charge in [0.05, 0.1) is 6.42 Å². The molecule has 2 N–H and O–H groups in total. The van der Waals surface area contributed by atoms with Gasteiger partial charge in [0, 0.05) is 22.9 Å². The van der Waals surface area contributed by atoms with Crippen LogP contribution < -0.4 is 3.53 Å². The maximum absolute atomic E-state index is 11.4. The molecule has 1 atom stereocenters. The van der Waals surface area contributed by atoms with Crippen LogP contribution in [0.25, 0.3) is 0 Å². The molecule has 0 aliphatic carbocycles. The molecule has 0 saturated carbocycles. The molecular weight excluding hydrogens is 337 g/mol. The summed E-state index contributed by atoms with van der Waals surface area (Å²) in [6.07, 6.45) is -0.189. The van der Waals surface area contributed by atoms with Gasteiger partial charge in [-0.25, -0.2) is 3.53 Å². The highest BCUT2D eigenvalue weighted by Gasteiger charge is 2.20. The maximum Gasteiger partial charge on any atom is 0.322 e. The topological polar surface area (TPSA) is 75.6 Å². The number of benzene rings is 1. The largest absolute Gasteiger partial charge is 0.480 e. The molecular formula is C11H12INO4. The Morgan fingerprint density at radius 2 is 2.00 bits per heavy atom. The minimum absolute atomic E-state index is 0.160. The van der Waals surface area contributed by atoms with E-state index < -0.39 is 18.0 Å². The van der Waals surface area contributed by atoms with Crippen molar-refractivity contribution in [2.24, 2.45) is 0 Å². The first-order valence-corrected chi connectivity index (χ1v) is 6.00. The van der Waals surface area contributed by atoms with E-state index in [4.69, 9.17) is 9.84 Å². The molecule has 17 heavy (non-hydrogen) atoms. The van der Waals surface area contributed by atoms with Crippen LogP contribution in [0.3, 0.4) is 0 Å². The highest BCUT2D eigenvalue weighted by atomic mass is 127. The van der Waals surface area contributed by atoms with E-state index in [0.717, 1.165) is 5.56 Å². The van der Waals surface area contributed by atoms with Gasteiger partial charge in [0.2, 0.25) is 0 Å². The Bertz CT molecular complexity index is 382. The number of halogens is 1. The monoisotopic (exact) mass is 349 g/mol. The maximum atomic E-state index is 11.4. The quantitative estimate of drug-likeness (QED) is 0.463. The number of carbonyl (C=O) groups is 2. The van der Waals surface area contributed by atoms with Gasteiger partial charge in [0.1, 0.15) is 12.6 Å². The smallest absolute Gasteiger partial charge is 0.322 e. The summed E-state index contributed by atoms with van der Waals surface area (Å²) in [5.74, 6) is -1.61. The van der Waals surface area contributed by atoms with E-state index in [1.165, 1.54) is 0 Å². The number of rotatable bonds is 6. The van der Waals surface area contributed by atoms with Crippen molar-refractivity contribution < 1.29 is 19.4 Å². The lowest BCUT2D eigenvalue weighted by Crippen LogP contribution is -2.33. The van der Waals surface area contributed by atoms with E-state index in [9.17, 15) is 9.59 Å². The van der Waals surface area contributed by atoms with Crippen molar-refractivity contribution in [2.45, 2.75) is 19.1 Å². The van der Waals surface area contributed by atoms with Gasteiger partial charge in [-0.3, -0.25) is 9.59 Å². The molecule has 0 fully saturated rings. The van der Waals surface area contributed by atoms with Crippen LogP contribution in [0.4, 0.5) is 0 Å². The lowest BCUT2D eigenvalue weighted by atomic mass is 10.2. The Labute approximate surface area is 113 Å². The van der Waals surface area contributed by atoms with Gasteiger partial charge in [-0.2, -0.15) is 0 Å². The van der Waals surface area contributed by atoms with Gasteiger partial charge in [0.25, 0.3) is 0 Å². The number of esters is 1. The zero-order valence-corrected chi connectivity index (χ0v) is 11.1. The molecule has 1 unspecified atom stereocenters. The fraction of sp³-hybridized carbons (Fsp3) is 0.273. The lowest BCUT2D eigenvalue weighted by Gasteiger charge is -2.09.